The van der Waals surface area contributed by atoms with Crippen LogP contribution in [0, 0.1) is 0 Å². The number of aromatic amines is 1. The maximum absolute atomic E-state index is 5.67. The second-order valence-corrected chi connectivity index (χ2v) is 6.96. The highest BCUT2D eigenvalue weighted by Gasteiger charge is 2.29. The summed E-state index contributed by atoms with van der Waals surface area (Å²) in [6.45, 7) is 7.58. The SMILES string of the molecule is CC(CN)NCc1n[nH]cc1C1CCC(N2CCOCC2)CC1. The number of hydrogen-bond acceptors (Lipinski definition) is 5. The molecular formula is C17H31N5O. The second-order valence-electron chi connectivity index (χ2n) is 6.96. The molecule has 1 aliphatic heterocycles. The maximum Gasteiger partial charge on any atom is 0.0794 e. The fraction of sp³-hybridized carbons (Fsp3) is 0.824. The van der Waals surface area contributed by atoms with Crippen molar-refractivity contribution in [3.63, 3.8) is 0 Å². The van der Waals surface area contributed by atoms with E-state index in [0.29, 0.717) is 18.5 Å². The molecule has 0 amide bonds. The average Bonchev–Trinajstić information content (AvgIpc) is 3.09. The van der Waals surface area contributed by atoms with Crippen LogP contribution in [0.3, 0.4) is 0 Å². The number of ether oxygens (including phenoxy) is 1. The predicted molar refractivity (Wildman–Crippen MR) is 91.3 cm³/mol. The Kier molecular flexibility index (Phi) is 6.05. The van der Waals surface area contributed by atoms with Gasteiger partial charge in [0.25, 0.3) is 0 Å². The molecule has 2 fully saturated rings. The lowest BCUT2D eigenvalue weighted by molar-refractivity contribution is 0.00728. The maximum atomic E-state index is 5.67. The van der Waals surface area contributed by atoms with Crippen LogP contribution in [0.25, 0.3) is 0 Å². The van der Waals surface area contributed by atoms with Gasteiger partial charge in [-0.25, -0.2) is 0 Å². The van der Waals surface area contributed by atoms with Gasteiger partial charge in [-0.1, -0.05) is 0 Å². The van der Waals surface area contributed by atoms with Crippen molar-refractivity contribution in [1.82, 2.24) is 20.4 Å². The third kappa shape index (κ3) is 4.32. The average molecular weight is 321 g/mol. The number of nitrogens with zero attached hydrogens (tertiary/aromatic N) is 2. The van der Waals surface area contributed by atoms with Crippen LogP contribution < -0.4 is 11.1 Å². The van der Waals surface area contributed by atoms with E-state index < -0.39 is 0 Å². The van der Waals surface area contributed by atoms with Gasteiger partial charge >= 0.3 is 0 Å². The van der Waals surface area contributed by atoms with E-state index in [-0.39, 0.29) is 0 Å². The molecule has 1 unspecified atom stereocenters. The van der Waals surface area contributed by atoms with Gasteiger partial charge in [-0.2, -0.15) is 5.10 Å². The van der Waals surface area contributed by atoms with Crippen molar-refractivity contribution in [3.8, 4) is 0 Å². The molecule has 0 aromatic carbocycles. The predicted octanol–water partition coefficient (Wildman–Crippen LogP) is 1.20. The van der Waals surface area contributed by atoms with E-state index in [1.807, 2.05) is 0 Å². The fourth-order valence-electron chi connectivity index (χ4n) is 3.87. The first-order valence-corrected chi connectivity index (χ1v) is 9.05. The molecule has 6 nitrogen and oxygen atoms in total. The summed E-state index contributed by atoms with van der Waals surface area (Å²) in [5.74, 6) is 0.649. The van der Waals surface area contributed by atoms with Crippen LogP contribution in [0.1, 0.15) is 49.8 Å². The summed E-state index contributed by atoms with van der Waals surface area (Å²) in [7, 11) is 0. The van der Waals surface area contributed by atoms with E-state index in [1.54, 1.807) is 0 Å². The normalized spacial score (nSPS) is 27.9. The molecule has 23 heavy (non-hydrogen) atoms. The minimum atomic E-state index is 0.330. The molecule has 1 aromatic rings. The third-order valence-corrected chi connectivity index (χ3v) is 5.42. The van der Waals surface area contributed by atoms with Gasteiger partial charge in [0.05, 0.1) is 18.9 Å². The van der Waals surface area contributed by atoms with Crippen LogP contribution in [0.4, 0.5) is 0 Å². The number of hydrogen-bond donors (Lipinski definition) is 3. The van der Waals surface area contributed by atoms with E-state index >= 15 is 0 Å². The van der Waals surface area contributed by atoms with Crippen molar-refractivity contribution in [2.75, 3.05) is 32.8 Å². The Morgan fingerprint density at radius 1 is 1.35 bits per heavy atom. The first-order valence-electron chi connectivity index (χ1n) is 9.05. The first kappa shape index (κ1) is 16.9. The molecule has 1 saturated heterocycles. The van der Waals surface area contributed by atoms with Crippen LogP contribution in [0.15, 0.2) is 6.20 Å². The van der Waals surface area contributed by atoms with Gasteiger partial charge < -0.3 is 15.8 Å². The van der Waals surface area contributed by atoms with Crippen LogP contribution in [0.5, 0.6) is 0 Å². The van der Waals surface area contributed by atoms with Crippen LogP contribution in [-0.4, -0.2) is 60.0 Å². The number of morpholine rings is 1. The molecule has 1 saturated carbocycles. The van der Waals surface area contributed by atoms with Gasteiger partial charge in [0, 0.05) is 44.5 Å². The highest BCUT2D eigenvalue weighted by molar-refractivity contribution is 5.22. The molecule has 2 heterocycles. The quantitative estimate of drug-likeness (QED) is 0.734. The molecule has 2 aliphatic rings. The van der Waals surface area contributed by atoms with Crippen molar-refractivity contribution in [2.45, 2.75) is 57.2 Å². The lowest BCUT2D eigenvalue weighted by Crippen LogP contribution is -2.44. The zero-order valence-corrected chi connectivity index (χ0v) is 14.3. The molecule has 0 radical (unpaired) electrons. The highest BCUT2D eigenvalue weighted by atomic mass is 16.5. The van der Waals surface area contributed by atoms with Crippen molar-refractivity contribution < 1.29 is 4.74 Å². The van der Waals surface area contributed by atoms with Gasteiger partial charge in [0.1, 0.15) is 0 Å². The largest absolute Gasteiger partial charge is 0.379 e. The van der Waals surface area contributed by atoms with E-state index in [4.69, 9.17) is 10.5 Å². The van der Waals surface area contributed by atoms with E-state index in [9.17, 15) is 0 Å². The number of rotatable bonds is 6. The summed E-state index contributed by atoms with van der Waals surface area (Å²) in [6.07, 6.45) is 7.22. The minimum Gasteiger partial charge on any atom is -0.379 e. The van der Waals surface area contributed by atoms with Gasteiger partial charge in [0.2, 0.25) is 0 Å². The Hall–Kier alpha value is -0.950. The number of aromatic nitrogens is 2. The molecule has 0 spiro atoms. The second kappa shape index (κ2) is 8.24. The smallest absolute Gasteiger partial charge is 0.0794 e. The Labute approximate surface area is 139 Å². The van der Waals surface area contributed by atoms with E-state index in [1.165, 1.54) is 36.9 Å². The summed E-state index contributed by atoms with van der Waals surface area (Å²) in [5, 5.41) is 11.0. The summed E-state index contributed by atoms with van der Waals surface area (Å²) in [4.78, 5) is 2.63. The van der Waals surface area contributed by atoms with Gasteiger partial charge in [-0.05, 0) is 44.1 Å². The molecule has 6 heteroatoms. The third-order valence-electron chi connectivity index (χ3n) is 5.42. The molecular weight excluding hydrogens is 290 g/mol. The Morgan fingerprint density at radius 2 is 2.09 bits per heavy atom. The Bertz CT molecular complexity index is 463. The fourth-order valence-corrected chi connectivity index (χ4v) is 3.87. The molecule has 1 aromatic heterocycles. The minimum absolute atomic E-state index is 0.330. The molecule has 1 atom stereocenters. The molecule has 0 bridgehead atoms. The van der Waals surface area contributed by atoms with Crippen molar-refractivity contribution in [2.24, 2.45) is 5.73 Å². The number of nitrogens with one attached hydrogen (secondary N) is 2. The summed E-state index contributed by atoms with van der Waals surface area (Å²) in [6, 6.07) is 1.08. The molecule has 3 rings (SSSR count). The lowest BCUT2D eigenvalue weighted by atomic mass is 9.81. The van der Waals surface area contributed by atoms with Crippen LogP contribution >= 0.6 is 0 Å². The van der Waals surface area contributed by atoms with Crippen LogP contribution in [0.2, 0.25) is 0 Å². The zero-order chi connectivity index (χ0) is 16.1. The molecule has 130 valence electrons. The van der Waals surface area contributed by atoms with E-state index in [2.05, 4.69) is 33.5 Å². The first-order chi connectivity index (χ1) is 11.3. The van der Waals surface area contributed by atoms with Crippen molar-refractivity contribution >= 4 is 0 Å². The number of nitrogens with two attached hydrogens (primary N) is 1. The van der Waals surface area contributed by atoms with E-state index in [0.717, 1.165) is 38.9 Å². The summed E-state index contributed by atoms with van der Waals surface area (Å²) in [5.41, 5.74) is 8.25. The van der Waals surface area contributed by atoms with Crippen molar-refractivity contribution in [1.29, 1.82) is 0 Å². The molecule has 1 aliphatic carbocycles. The number of H-pyrrole nitrogens is 1. The standard InChI is InChI=1S/C17H31N5O/c1-13(10-18)19-12-17-16(11-20-21-17)14-2-4-15(5-3-14)22-6-8-23-9-7-22/h11,13-15,19H,2-10,12,18H2,1H3,(H,20,21). The lowest BCUT2D eigenvalue weighted by Gasteiger charge is -2.38. The van der Waals surface area contributed by atoms with Gasteiger partial charge in [0.15, 0.2) is 0 Å². The summed E-state index contributed by atoms with van der Waals surface area (Å²) >= 11 is 0. The van der Waals surface area contributed by atoms with Gasteiger partial charge in [-0.15, -0.1) is 0 Å². The monoisotopic (exact) mass is 321 g/mol. The molecule has 4 N–H and O–H groups in total. The highest BCUT2D eigenvalue weighted by Crippen LogP contribution is 2.35. The topological polar surface area (TPSA) is 79.2 Å². The Balaban J connectivity index is 1.52. The van der Waals surface area contributed by atoms with Crippen molar-refractivity contribution in [3.05, 3.63) is 17.5 Å². The summed E-state index contributed by atoms with van der Waals surface area (Å²) < 4.78 is 5.47. The zero-order valence-electron chi connectivity index (χ0n) is 14.3. The van der Waals surface area contributed by atoms with Gasteiger partial charge in [-0.3, -0.25) is 10.00 Å². The Morgan fingerprint density at radius 3 is 2.78 bits per heavy atom. The van der Waals surface area contributed by atoms with Crippen LogP contribution in [-0.2, 0) is 11.3 Å².